The molecule has 1 unspecified atom stereocenters. The minimum Gasteiger partial charge on any atom is -0.497 e. The van der Waals surface area contributed by atoms with Crippen molar-refractivity contribution in [3.05, 3.63) is 23.8 Å². The van der Waals surface area contributed by atoms with Crippen molar-refractivity contribution in [2.75, 3.05) is 12.9 Å². The average molecular weight is 181 g/mol. The Hall–Kier alpha value is -0.670. The molecule has 0 spiro atoms. The molecular weight excluding hydrogens is 170 g/mol. The van der Waals surface area contributed by atoms with Gasteiger partial charge < -0.3 is 10.5 Å². The first kappa shape index (κ1) is 7.95. The quantitative estimate of drug-likeness (QED) is 0.717. The molecule has 1 aromatic carbocycles. The first-order valence-electron chi connectivity index (χ1n) is 3.87. The van der Waals surface area contributed by atoms with E-state index in [-0.39, 0.29) is 6.04 Å². The summed E-state index contributed by atoms with van der Waals surface area (Å²) in [5, 5.41) is 0. The molecule has 1 aliphatic rings. The smallest absolute Gasteiger partial charge is 0.119 e. The highest BCUT2D eigenvalue weighted by atomic mass is 32.2. The van der Waals surface area contributed by atoms with E-state index in [9.17, 15) is 0 Å². The van der Waals surface area contributed by atoms with Gasteiger partial charge in [0.05, 0.1) is 7.11 Å². The van der Waals surface area contributed by atoms with Gasteiger partial charge in [-0.15, -0.1) is 11.8 Å². The summed E-state index contributed by atoms with van der Waals surface area (Å²) < 4.78 is 5.12. The van der Waals surface area contributed by atoms with Gasteiger partial charge in [-0.3, -0.25) is 0 Å². The zero-order valence-electron chi connectivity index (χ0n) is 6.91. The molecule has 12 heavy (non-hydrogen) atoms. The zero-order valence-corrected chi connectivity index (χ0v) is 7.73. The molecule has 2 nitrogen and oxygen atoms in total. The third kappa shape index (κ3) is 1.19. The molecule has 1 aliphatic heterocycles. The number of hydrogen-bond acceptors (Lipinski definition) is 3. The third-order valence-electron chi connectivity index (χ3n) is 2.04. The molecule has 2 rings (SSSR count). The number of benzene rings is 1. The second-order valence-electron chi connectivity index (χ2n) is 2.82. The Kier molecular flexibility index (Phi) is 1.98. The van der Waals surface area contributed by atoms with Gasteiger partial charge in [0.1, 0.15) is 5.75 Å². The minimum absolute atomic E-state index is 0.205. The van der Waals surface area contributed by atoms with Crippen LogP contribution in [0.2, 0.25) is 0 Å². The van der Waals surface area contributed by atoms with Gasteiger partial charge in [0, 0.05) is 16.7 Å². The van der Waals surface area contributed by atoms with Crippen molar-refractivity contribution < 1.29 is 4.74 Å². The molecule has 2 N–H and O–H groups in total. The Morgan fingerprint density at radius 1 is 1.58 bits per heavy atom. The molecule has 1 heterocycles. The molecule has 0 saturated carbocycles. The monoisotopic (exact) mass is 181 g/mol. The molecule has 0 bridgehead atoms. The molecule has 1 atom stereocenters. The van der Waals surface area contributed by atoms with Crippen molar-refractivity contribution in [2.24, 2.45) is 5.73 Å². The van der Waals surface area contributed by atoms with Crippen LogP contribution in [0.1, 0.15) is 11.6 Å². The molecule has 0 amide bonds. The summed E-state index contributed by atoms with van der Waals surface area (Å²) in [7, 11) is 1.68. The van der Waals surface area contributed by atoms with Crippen molar-refractivity contribution in [3.63, 3.8) is 0 Å². The highest BCUT2D eigenvalue weighted by molar-refractivity contribution is 7.99. The van der Waals surface area contributed by atoms with E-state index in [0.717, 1.165) is 11.5 Å². The Labute approximate surface area is 76.1 Å². The fraction of sp³-hybridized carbons (Fsp3) is 0.333. The maximum atomic E-state index is 5.88. The number of fused-ring (bicyclic) bond motifs is 1. The maximum absolute atomic E-state index is 5.88. The van der Waals surface area contributed by atoms with Crippen LogP contribution >= 0.6 is 11.8 Å². The van der Waals surface area contributed by atoms with E-state index in [1.807, 2.05) is 12.1 Å². The largest absolute Gasteiger partial charge is 0.497 e. The third-order valence-corrected chi connectivity index (χ3v) is 3.23. The van der Waals surface area contributed by atoms with Gasteiger partial charge in [-0.25, -0.2) is 0 Å². The molecule has 0 aliphatic carbocycles. The molecule has 0 radical (unpaired) electrons. The normalized spacial score (nSPS) is 20.7. The molecule has 64 valence electrons. The SMILES string of the molecule is COc1ccc2c(c1)SCC2N. The van der Waals surface area contributed by atoms with Crippen LogP contribution in [0.5, 0.6) is 5.75 Å². The van der Waals surface area contributed by atoms with Crippen LogP contribution in [-0.4, -0.2) is 12.9 Å². The highest BCUT2D eigenvalue weighted by Gasteiger charge is 2.19. The van der Waals surface area contributed by atoms with E-state index in [1.165, 1.54) is 10.5 Å². The van der Waals surface area contributed by atoms with Crippen LogP contribution in [0, 0.1) is 0 Å². The summed E-state index contributed by atoms with van der Waals surface area (Å²) in [5.41, 5.74) is 7.13. The minimum atomic E-state index is 0.205. The summed E-state index contributed by atoms with van der Waals surface area (Å²) in [6.07, 6.45) is 0. The molecule has 1 aromatic rings. The standard InChI is InChI=1S/C9H11NOS/c1-11-6-2-3-7-8(10)5-12-9(7)4-6/h2-4,8H,5,10H2,1H3. The topological polar surface area (TPSA) is 35.2 Å². The van der Waals surface area contributed by atoms with Crippen LogP contribution in [0.3, 0.4) is 0 Å². The summed E-state index contributed by atoms with van der Waals surface area (Å²) in [6.45, 7) is 0. The zero-order chi connectivity index (χ0) is 8.55. The van der Waals surface area contributed by atoms with E-state index in [1.54, 1.807) is 18.9 Å². The summed E-state index contributed by atoms with van der Waals surface area (Å²) in [5.74, 6) is 1.90. The van der Waals surface area contributed by atoms with Gasteiger partial charge in [-0.05, 0) is 17.7 Å². The van der Waals surface area contributed by atoms with Gasteiger partial charge in [0.25, 0.3) is 0 Å². The fourth-order valence-electron chi connectivity index (χ4n) is 1.34. The lowest BCUT2D eigenvalue weighted by Crippen LogP contribution is -2.07. The van der Waals surface area contributed by atoms with E-state index in [0.29, 0.717) is 0 Å². The lowest BCUT2D eigenvalue weighted by molar-refractivity contribution is 0.413. The van der Waals surface area contributed by atoms with E-state index < -0.39 is 0 Å². The molecule has 0 saturated heterocycles. The summed E-state index contributed by atoms with van der Waals surface area (Å²) in [4.78, 5) is 1.27. The maximum Gasteiger partial charge on any atom is 0.119 e. The Morgan fingerprint density at radius 2 is 2.42 bits per heavy atom. The molecular formula is C9H11NOS. The van der Waals surface area contributed by atoms with Crippen molar-refractivity contribution >= 4 is 11.8 Å². The summed E-state index contributed by atoms with van der Waals surface area (Å²) in [6, 6.07) is 6.27. The van der Waals surface area contributed by atoms with Crippen molar-refractivity contribution in [3.8, 4) is 5.75 Å². The van der Waals surface area contributed by atoms with Crippen molar-refractivity contribution in [2.45, 2.75) is 10.9 Å². The van der Waals surface area contributed by atoms with Crippen LogP contribution in [0.4, 0.5) is 0 Å². The lowest BCUT2D eigenvalue weighted by Gasteiger charge is -2.04. The molecule has 0 aromatic heterocycles. The van der Waals surface area contributed by atoms with Crippen LogP contribution in [-0.2, 0) is 0 Å². The molecule has 3 heteroatoms. The number of nitrogens with two attached hydrogens (primary N) is 1. The van der Waals surface area contributed by atoms with Gasteiger partial charge in [-0.2, -0.15) is 0 Å². The Bertz CT molecular complexity index is 301. The van der Waals surface area contributed by atoms with E-state index in [2.05, 4.69) is 6.07 Å². The van der Waals surface area contributed by atoms with Gasteiger partial charge >= 0.3 is 0 Å². The van der Waals surface area contributed by atoms with Crippen molar-refractivity contribution in [1.82, 2.24) is 0 Å². The van der Waals surface area contributed by atoms with E-state index in [4.69, 9.17) is 10.5 Å². The number of thioether (sulfide) groups is 1. The van der Waals surface area contributed by atoms with Crippen LogP contribution in [0.15, 0.2) is 23.1 Å². The van der Waals surface area contributed by atoms with E-state index >= 15 is 0 Å². The predicted molar refractivity (Wildman–Crippen MR) is 50.6 cm³/mol. The predicted octanol–water partition coefficient (Wildman–Crippen LogP) is 1.80. The van der Waals surface area contributed by atoms with Gasteiger partial charge in [-0.1, -0.05) is 6.07 Å². The second kappa shape index (κ2) is 2.99. The summed E-state index contributed by atoms with van der Waals surface area (Å²) >= 11 is 1.80. The van der Waals surface area contributed by atoms with Crippen molar-refractivity contribution in [1.29, 1.82) is 0 Å². The fourth-order valence-corrected chi connectivity index (χ4v) is 2.47. The first-order chi connectivity index (χ1) is 5.81. The lowest BCUT2D eigenvalue weighted by atomic mass is 10.1. The second-order valence-corrected chi connectivity index (χ2v) is 3.88. The number of ether oxygens (including phenoxy) is 1. The van der Waals surface area contributed by atoms with Gasteiger partial charge in [0.2, 0.25) is 0 Å². The Morgan fingerprint density at radius 3 is 3.17 bits per heavy atom. The molecule has 0 fully saturated rings. The Balaban J connectivity index is 2.41. The number of rotatable bonds is 1. The van der Waals surface area contributed by atoms with Crippen LogP contribution < -0.4 is 10.5 Å². The first-order valence-corrected chi connectivity index (χ1v) is 4.86. The average Bonchev–Trinajstić information content (AvgIpc) is 2.47. The van der Waals surface area contributed by atoms with Crippen LogP contribution in [0.25, 0.3) is 0 Å². The highest BCUT2D eigenvalue weighted by Crippen LogP contribution is 2.38. The number of methoxy groups -OCH3 is 1. The number of hydrogen-bond donors (Lipinski definition) is 1. The van der Waals surface area contributed by atoms with Gasteiger partial charge in [0.15, 0.2) is 0 Å².